The standard InChI is InChI=1S/C16H26N2O2/c1-4-17-16(11-18-8-9-20-12-13(18)2)14-6-5-7-15(10-14)19-3/h5-7,10,13,16-17H,4,8-9,11-12H2,1-3H3. The van der Waals surface area contributed by atoms with Crippen LogP contribution in [0.2, 0.25) is 0 Å². The van der Waals surface area contributed by atoms with E-state index in [2.05, 4.69) is 42.3 Å². The zero-order chi connectivity index (χ0) is 14.4. The molecule has 2 unspecified atom stereocenters. The van der Waals surface area contributed by atoms with Crippen LogP contribution in [-0.4, -0.2) is 50.9 Å². The Labute approximate surface area is 122 Å². The average molecular weight is 278 g/mol. The number of likely N-dealkylation sites (N-methyl/N-ethyl adjacent to an activating group) is 1. The Hall–Kier alpha value is -1.10. The van der Waals surface area contributed by atoms with Crippen molar-refractivity contribution in [3.8, 4) is 5.75 Å². The van der Waals surface area contributed by atoms with Crippen molar-refractivity contribution in [3.05, 3.63) is 29.8 Å². The number of nitrogens with zero attached hydrogens (tertiary/aromatic N) is 1. The topological polar surface area (TPSA) is 33.7 Å². The van der Waals surface area contributed by atoms with E-state index < -0.39 is 0 Å². The second kappa shape index (κ2) is 7.62. The summed E-state index contributed by atoms with van der Waals surface area (Å²) in [6, 6.07) is 9.15. The predicted molar refractivity (Wildman–Crippen MR) is 81.3 cm³/mol. The van der Waals surface area contributed by atoms with Crippen LogP contribution >= 0.6 is 0 Å². The molecule has 4 heteroatoms. The molecule has 1 aliphatic heterocycles. The van der Waals surface area contributed by atoms with Gasteiger partial charge in [-0.15, -0.1) is 0 Å². The molecule has 1 aromatic rings. The molecule has 4 nitrogen and oxygen atoms in total. The lowest BCUT2D eigenvalue weighted by atomic mass is 10.0. The van der Waals surface area contributed by atoms with Crippen LogP contribution in [0.1, 0.15) is 25.5 Å². The fraction of sp³-hybridized carbons (Fsp3) is 0.625. The molecular weight excluding hydrogens is 252 g/mol. The van der Waals surface area contributed by atoms with Crippen LogP contribution in [0.15, 0.2) is 24.3 Å². The van der Waals surface area contributed by atoms with E-state index in [-0.39, 0.29) is 0 Å². The lowest BCUT2D eigenvalue weighted by Gasteiger charge is -2.36. The number of methoxy groups -OCH3 is 1. The van der Waals surface area contributed by atoms with E-state index in [1.807, 2.05) is 6.07 Å². The first-order chi connectivity index (χ1) is 9.74. The maximum absolute atomic E-state index is 5.51. The molecule has 0 saturated carbocycles. The van der Waals surface area contributed by atoms with Crippen LogP contribution in [0, 0.1) is 0 Å². The van der Waals surface area contributed by atoms with Gasteiger partial charge < -0.3 is 14.8 Å². The van der Waals surface area contributed by atoms with Crippen molar-refractivity contribution < 1.29 is 9.47 Å². The summed E-state index contributed by atoms with van der Waals surface area (Å²) in [7, 11) is 1.71. The largest absolute Gasteiger partial charge is 0.497 e. The third-order valence-electron chi connectivity index (χ3n) is 3.87. The van der Waals surface area contributed by atoms with Crippen LogP contribution in [-0.2, 0) is 4.74 Å². The van der Waals surface area contributed by atoms with Crippen LogP contribution in [0.25, 0.3) is 0 Å². The van der Waals surface area contributed by atoms with Crippen LogP contribution in [0.3, 0.4) is 0 Å². The minimum absolute atomic E-state index is 0.329. The zero-order valence-corrected chi connectivity index (χ0v) is 12.8. The Morgan fingerprint density at radius 3 is 3.05 bits per heavy atom. The van der Waals surface area contributed by atoms with E-state index in [1.165, 1.54) is 5.56 Å². The van der Waals surface area contributed by atoms with Gasteiger partial charge in [-0.2, -0.15) is 0 Å². The van der Waals surface area contributed by atoms with Gasteiger partial charge in [-0.1, -0.05) is 19.1 Å². The number of benzene rings is 1. The van der Waals surface area contributed by atoms with E-state index in [1.54, 1.807) is 7.11 Å². The van der Waals surface area contributed by atoms with Gasteiger partial charge >= 0.3 is 0 Å². The molecule has 1 heterocycles. The Bertz CT molecular complexity index is 411. The Morgan fingerprint density at radius 1 is 1.50 bits per heavy atom. The summed E-state index contributed by atoms with van der Waals surface area (Å²) < 4.78 is 10.8. The molecule has 1 N–H and O–H groups in total. The molecule has 0 aliphatic carbocycles. The van der Waals surface area contributed by atoms with Crippen molar-refractivity contribution in [3.63, 3.8) is 0 Å². The molecule has 2 atom stereocenters. The molecule has 1 saturated heterocycles. The fourth-order valence-corrected chi connectivity index (χ4v) is 2.66. The molecule has 0 radical (unpaired) electrons. The van der Waals surface area contributed by atoms with E-state index in [0.29, 0.717) is 12.1 Å². The fourth-order valence-electron chi connectivity index (χ4n) is 2.66. The number of hydrogen-bond donors (Lipinski definition) is 1. The summed E-state index contributed by atoms with van der Waals surface area (Å²) in [6.07, 6.45) is 0. The van der Waals surface area contributed by atoms with Gasteiger partial charge in [0.2, 0.25) is 0 Å². The molecule has 1 aromatic carbocycles. The van der Waals surface area contributed by atoms with E-state index >= 15 is 0 Å². The van der Waals surface area contributed by atoms with Crippen molar-refractivity contribution in [1.29, 1.82) is 0 Å². The summed E-state index contributed by atoms with van der Waals surface area (Å²) >= 11 is 0. The number of nitrogens with one attached hydrogen (secondary N) is 1. The van der Waals surface area contributed by atoms with Crippen LogP contribution in [0.5, 0.6) is 5.75 Å². The van der Waals surface area contributed by atoms with Crippen LogP contribution in [0.4, 0.5) is 0 Å². The highest BCUT2D eigenvalue weighted by Gasteiger charge is 2.22. The Morgan fingerprint density at radius 2 is 2.35 bits per heavy atom. The van der Waals surface area contributed by atoms with Gasteiger partial charge in [-0.05, 0) is 31.2 Å². The molecule has 0 amide bonds. The summed E-state index contributed by atoms with van der Waals surface area (Å²) in [5.74, 6) is 0.917. The quantitative estimate of drug-likeness (QED) is 0.863. The lowest BCUT2D eigenvalue weighted by molar-refractivity contribution is -0.00442. The third-order valence-corrected chi connectivity index (χ3v) is 3.87. The first-order valence-electron chi connectivity index (χ1n) is 7.43. The maximum atomic E-state index is 5.51. The molecule has 0 aromatic heterocycles. The third kappa shape index (κ3) is 3.95. The number of morpholine rings is 1. The number of hydrogen-bond acceptors (Lipinski definition) is 4. The van der Waals surface area contributed by atoms with Gasteiger partial charge in [0.15, 0.2) is 0 Å². The van der Waals surface area contributed by atoms with Crippen molar-refractivity contribution >= 4 is 0 Å². The summed E-state index contributed by atoms with van der Waals surface area (Å²) in [6.45, 7) is 9.01. The molecule has 112 valence electrons. The van der Waals surface area contributed by atoms with Crippen molar-refractivity contribution in [2.24, 2.45) is 0 Å². The molecule has 1 fully saturated rings. The van der Waals surface area contributed by atoms with Crippen LogP contribution < -0.4 is 10.1 Å². The maximum Gasteiger partial charge on any atom is 0.119 e. The molecule has 20 heavy (non-hydrogen) atoms. The van der Waals surface area contributed by atoms with E-state index in [0.717, 1.165) is 38.6 Å². The Kier molecular flexibility index (Phi) is 5.83. The SMILES string of the molecule is CCNC(CN1CCOCC1C)c1cccc(OC)c1. The molecule has 0 bridgehead atoms. The molecular formula is C16H26N2O2. The second-order valence-corrected chi connectivity index (χ2v) is 5.31. The highest BCUT2D eigenvalue weighted by atomic mass is 16.5. The Balaban J connectivity index is 2.08. The summed E-state index contributed by atoms with van der Waals surface area (Å²) in [5.41, 5.74) is 1.28. The number of ether oxygens (including phenoxy) is 2. The second-order valence-electron chi connectivity index (χ2n) is 5.31. The molecule has 1 aliphatic rings. The van der Waals surface area contributed by atoms with Crippen molar-refractivity contribution in [1.82, 2.24) is 10.2 Å². The van der Waals surface area contributed by atoms with Gasteiger partial charge in [-0.25, -0.2) is 0 Å². The monoisotopic (exact) mass is 278 g/mol. The van der Waals surface area contributed by atoms with Gasteiger partial charge in [-0.3, -0.25) is 4.90 Å². The van der Waals surface area contributed by atoms with Crippen molar-refractivity contribution in [2.45, 2.75) is 25.9 Å². The van der Waals surface area contributed by atoms with Gasteiger partial charge in [0, 0.05) is 25.2 Å². The lowest BCUT2D eigenvalue weighted by Crippen LogP contribution is -2.47. The van der Waals surface area contributed by atoms with E-state index in [4.69, 9.17) is 9.47 Å². The highest BCUT2D eigenvalue weighted by Crippen LogP contribution is 2.21. The van der Waals surface area contributed by atoms with Gasteiger partial charge in [0.1, 0.15) is 5.75 Å². The summed E-state index contributed by atoms with van der Waals surface area (Å²) in [5, 5.41) is 3.58. The minimum atomic E-state index is 0.329. The van der Waals surface area contributed by atoms with Gasteiger partial charge in [0.05, 0.1) is 20.3 Å². The van der Waals surface area contributed by atoms with Gasteiger partial charge in [0.25, 0.3) is 0 Å². The first kappa shape index (κ1) is 15.3. The zero-order valence-electron chi connectivity index (χ0n) is 12.8. The average Bonchev–Trinajstić information content (AvgIpc) is 2.49. The van der Waals surface area contributed by atoms with E-state index in [9.17, 15) is 0 Å². The first-order valence-corrected chi connectivity index (χ1v) is 7.43. The highest BCUT2D eigenvalue weighted by molar-refractivity contribution is 5.30. The predicted octanol–water partition coefficient (Wildman–Crippen LogP) is 2.07. The smallest absolute Gasteiger partial charge is 0.119 e. The molecule has 2 rings (SSSR count). The minimum Gasteiger partial charge on any atom is -0.497 e. The summed E-state index contributed by atoms with van der Waals surface area (Å²) in [4.78, 5) is 2.50. The molecule has 0 spiro atoms. The number of rotatable bonds is 6. The van der Waals surface area contributed by atoms with Crippen molar-refractivity contribution in [2.75, 3.05) is 40.0 Å². The normalized spacial score (nSPS) is 21.6.